The molecule has 1 aromatic heterocycles. The normalized spacial score (nSPS) is 10.3. The number of hydrogen-bond donors (Lipinski definition) is 0. The SMILES string of the molecule is CCc1cc(C)c(CC)nc1C. The van der Waals surface area contributed by atoms with E-state index in [0.29, 0.717) is 0 Å². The summed E-state index contributed by atoms with van der Waals surface area (Å²) in [6, 6.07) is 2.27. The maximum absolute atomic E-state index is 4.56. The maximum atomic E-state index is 4.56. The zero-order valence-electron chi connectivity index (χ0n) is 8.44. The van der Waals surface area contributed by atoms with Gasteiger partial charge in [0.1, 0.15) is 0 Å². The van der Waals surface area contributed by atoms with Gasteiger partial charge in [-0.25, -0.2) is 0 Å². The Morgan fingerprint density at radius 1 is 1.17 bits per heavy atom. The molecule has 0 aromatic carbocycles. The molecule has 1 nitrogen and oxygen atoms in total. The van der Waals surface area contributed by atoms with Gasteiger partial charge in [-0.05, 0) is 37.8 Å². The van der Waals surface area contributed by atoms with Crippen LogP contribution in [0.3, 0.4) is 0 Å². The molecule has 0 saturated heterocycles. The molecule has 0 bridgehead atoms. The van der Waals surface area contributed by atoms with Crippen molar-refractivity contribution in [2.75, 3.05) is 0 Å². The second-order valence-corrected chi connectivity index (χ2v) is 3.20. The summed E-state index contributed by atoms with van der Waals surface area (Å²) in [5.74, 6) is 0. The Kier molecular flexibility index (Phi) is 2.85. The molecule has 0 radical (unpaired) electrons. The lowest BCUT2D eigenvalue weighted by atomic mass is 10.1. The van der Waals surface area contributed by atoms with Gasteiger partial charge >= 0.3 is 0 Å². The second kappa shape index (κ2) is 3.70. The first-order valence-electron chi connectivity index (χ1n) is 4.65. The van der Waals surface area contributed by atoms with E-state index in [0.717, 1.165) is 12.8 Å². The van der Waals surface area contributed by atoms with Gasteiger partial charge in [0.05, 0.1) is 0 Å². The highest BCUT2D eigenvalue weighted by atomic mass is 14.7. The molecule has 0 aliphatic carbocycles. The summed E-state index contributed by atoms with van der Waals surface area (Å²) in [6.07, 6.45) is 2.13. The van der Waals surface area contributed by atoms with Gasteiger partial charge in [-0.15, -0.1) is 0 Å². The highest BCUT2D eigenvalue weighted by Crippen LogP contribution is 2.12. The fourth-order valence-corrected chi connectivity index (χ4v) is 1.53. The maximum Gasteiger partial charge on any atom is 0.0433 e. The van der Waals surface area contributed by atoms with E-state index < -0.39 is 0 Å². The van der Waals surface area contributed by atoms with Crippen molar-refractivity contribution in [1.29, 1.82) is 0 Å². The van der Waals surface area contributed by atoms with Crippen LogP contribution in [-0.2, 0) is 12.8 Å². The third kappa shape index (κ3) is 1.66. The molecule has 0 fully saturated rings. The van der Waals surface area contributed by atoms with Gasteiger partial charge in [0, 0.05) is 11.4 Å². The van der Waals surface area contributed by atoms with Crippen molar-refractivity contribution >= 4 is 0 Å². The Hall–Kier alpha value is -0.850. The summed E-state index contributed by atoms with van der Waals surface area (Å²) in [4.78, 5) is 4.56. The van der Waals surface area contributed by atoms with Gasteiger partial charge in [0.25, 0.3) is 0 Å². The average Bonchev–Trinajstić information content (AvgIpc) is 2.08. The van der Waals surface area contributed by atoms with Gasteiger partial charge in [-0.3, -0.25) is 4.98 Å². The van der Waals surface area contributed by atoms with Crippen molar-refractivity contribution in [2.24, 2.45) is 0 Å². The number of pyridine rings is 1. The molecular weight excluding hydrogens is 146 g/mol. The number of hydrogen-bond acceptors (Lipinski definition) is 1. The molecule has 1 heteroatoms. The predicted octanol–water partition coefficient (Wildman–Crippen LogP) is 2.82. The van der Waals surface area contributed by atoms with Crippen molar-refractivity contribution in [2.45, 2.75) is 40.5 Å². The smallest absolute Gasteiger partial charge is 0.0433 e. The largest absolute Gasteiger partial charge is 0.258 e. The van der Waals surface area contributed by atoms with E-state index >= 15 is 0 Å². The lowest BCUT2D eigenvalue weighted by molar-refractivity contribution is 0.945. The summed E-state index contributed by atoms with van der Waals surface area (Å²) in [5.41, 5.74) is 5.15. The third-order valence-electron chi connectivity index (χ3n) is 2.33. The van der Waals surface area contributed by atoms with E-state index in [2.05, 4.69) is 38.7 Å². The molecule has 66 valence electrons. The Morgan fingerprint density at radius 3 is 2.33 bits per heavy atom. The van der Waals surface area contributed by atoms with E-state index in [1.807, 2.05) is 0 Å². The molecule has 0 N–H and O–H groups in total. The summed E-state index contributed by atoms with van der Waals surface area (Å²) in [7, 11) is 0. The lowest BCUT2D eigenvalue weighted by Gasteiger charge is -2.07. The van der Waals surface area contributed by atoms with Crippen LogP contribution in [0.25, 0.3) is 0 Å². The molecule has 0 aliphatic rings. The molecule has 0 amide bonds. The molecule has 0 aliphatic heterocycles. The van der Waals surface area contributed by atoms with Crippen molar-refractivity contribution in [3.05, 3.63) is 28.6 Å². The van der Waals surface area contributed by atoms with Gasteiger partial charge in [0.15, 0.2) is 0 Å². The molecule has 12 heavy (non-hydrogen) atoms. The van der Waals surface area contributed by atoms with E-state index in [-0.39, 0.29) is 0 Å². The van der Waals surface area contributed by atoms with Crippen LogP contribution >= 0.6 is 0 Å². The Morgan fingerprint density at radius 2 is 1.83 bits per heavy atom. The van der Waals surface area contributed by atoms with E-state index in [9.17, 15) is 0 Å². The van der Waals surface area contributed by atoms with Crippen molar-refractivity contribution in [3.8, 4) is 0 Å². The van der Waals surface area contributed by atoms with Gasteiger partial charge in [-0.1, -0.05) is 19.9 Å². The molecule has 0 saturated carbocycles. The van der Waals surface area contributed by atoms with Crippen LogP contribution in [0, 0.1) is 13.8 Å². The van der Waals surface area contributed by atoms with E-state index in [1.165, 1.54) is 22.5 Å². The van der Waals surface area contributed by atoms with Gasteiger partial charge in [-0.2, -0.15) is 0 Å². The minimum Gasteiger partial charge on any atom is -0.258 e. The van der Waals surface area contributed by atoms with Crippen molar-refractivity contribution in [1.82, 2.24) is 4.98 Å². The first-order chi connectivity index (χ1) is 5.69. The number of nitrogens with zero attached hydrogens (tertiary/aromatic N) is 1. The van der Waals surface area contributed by atoms with Crippen molar-refractivity contribution < 1.29 is 0 Å². The topological polar surface area (TPSA) is 12.9 Å². The van der Waals surface area contributed by atoms with Crippen LogP contribution in [-0.4, -0.2) is 4.98 Å². The molecule has 0 atom stereocenters. The predicted molar refractivity (Wildman–Crippen MR) is 52.5 cm³/mol. The minimum atomic E-state index is 1.04. The monoisotopic (exact) mass is 163 g/mol. The second-order valence-electron chi connectivity index (χ2n) is 3.20. The zero-order chi connectivity index (χ0) is 9.14. The van der Waals surface area contributed by atoms with Gasteiger partial charge in [0.2, 0.25) is 0 Å². The Balaban J connectivity index is 3.16. The summed E-state index contributed by atoms with van der Waals surface area (Å²) in [5, 5.41) is 0. The van der Waals surface area contributed by atoms with Crippen LogP contribution in [0.5, 0.6) is 0 Å². The zero-order valence-corrected chi connectivity index (χ0v) is 8.44. The van der Waals surface area contributed by atoms with Gasteiger partial charge < -0.3 is 0 Å². The summed E-state index contributed by atoms with van der Waals surface area (Å²) >= 11 is 0. The Bertz CT molecular complexity index is 247. The van der Waals surface area contributed by atoms with Crippen LogP contribution in [0.4, 0.5) is 0 Å². The quantitative estimate of drug-likeness (QED) is 0.653. The Labute approximate surface area is 74.8 Å². The van der Waals surface area contributed by atoms with E-state index in [4.69, 9.17) is 0 Å². The average molecular weight is 163 g/mol. The minimum absolute atomic E-state index is 1.04. The molecule has 0 unspecified atom stereocenters. The molecule has 1 aromatic rings. The summed E-state index contributed by atoms with van der Waals surface area (Å²) < 4.78 is 0. The molecule has 1 heterocycles. The van der Waals surface area contributed by atoms with Crippen LogP contribution in [0.2, 0.25) is 0 Å². The summed E-state index contributed by atoms with van der Waals surface area (Å²) in [6.45, 7) is 8.57. The molecular formula is C11H17N. The third-order valence-corrected chi connectivity index (χ3v) is 2.33. The van der Waals surface area contributed by atoms with Crippen LogP contribution in [0.15, 0.2) is 6.07 Å². The van der Waals surface area contributed by atoms with Crippen LogP contribution < -0.4 is 0 Å². The number of aromatic nitrogens is 1. The van der Waals surface area contributed by atoms with Crippen LogP contribution in [0.1, 0.15) is 36.4 Å². The fraction of sp³-hybridized carbons (Fsp3) is 0.545. The lowest BCUT2D eigenvalue weighted by Crippen LogP contribution is -1.98. The first-order valence-corrected chi connectivity index (χ1v) is 4.65. The highest BCUT2D eigenvalue weighted by Gasteiger charge is 2.02. The van der Waals surface area contributed by atoms with E-state index in [1.54, 1.807) is 0 Å². The number of aryl methyl sites for hydroxylation is 4. The fourth-order valence-electron chi connectivity index (χ4n) is 1.53. The molecule has 0 spiro atoms. The number of rotatable bonds is 2. The standard InChI is InChI=1S/C11H17N/c1-5-10-7-8(3)11(6-2)12-9(10)4/h7H,5-6H2,1-4H3. The molecule has 1 rings (SSSR count). The highest BCUT2D eigenvalue weighted by molar-refractivity contribution is 5.29. The first kappa shape index (κ1) is 9.24. The van der Waals surface area contributed by atoms with Crippen molar-refractivity contribution in [3.63, 3.8) is 0 Å².